The Morgan fingerprint density at radius 2 is 2.16 bits per heavy atom. The maximum atomic E-state index is 5.59. The molecule has 0 spiro atoms. The molecule has 0 aliphatic heterocycles. The van der Waals surface area contributed by atoms with E-state index in [4.69, 9.17) is 27.4 Å². The van der Waals surface area contributed by atoms with E-state index in [0.29, 0.717) is 23.9 Å². The van der Waals surface area contributed by atoms with Crippen molar-refractivity contribution < 1.29 is 9.47 Å². The van der Waals surface area contributed by atoms with Gasteiger partial charge in [0.25, 0.3) is 0 Å². The Morgan fingerprint density at radius 1 is 1.32 bits per heavy atom. The zero-order valence-electron chi connectivity index (χ0n) is 10.4. The SMILES string of the molecule is COCc1cccc(Oc2cnc(C(N)=S)cn2)c1. The van der Waals surface area contributed by atoms with Crippen LogP contribution in [0.1, 0.15) is 11.3 Å². The smallest absolute Gasteiger partial charge is 0.237 e. The predicted octanol–water partition coefficient (Wildman–Crippen LogP) is 2.05. The fourth-order valence-corrected chi connectivity index (χ4v) is 1.59. The molecule has 98 valence electrons. The molecule has 2 rings (SSSR count). The lowest BCUT2D eigenvalue weighted by Gasteiger charge is -2.06. The van der Waals surface area contributed by atoms with Gasteiger partial charge in [-0.3, -0.25) is 0 Å². The van der Waals surface area contributed by atoms with Gasteiger partial charge in [-0.05, 0) is 17.7 Å². The normalized spacial score (nSPS) is 10.2. The molecule has 0 saturated heterocycles. The van der Waals surface area contributed by atoms with Crippen LogP contribution in [0.2, 0.25) is 0 Å². The molecule has 1 heterocycles. The second-order valence-corrected chi connectivity index (χ2v) is 4.23. The number of hydrogen-bond donors (Lipinski definition) is 1. The van der Waals surface area contributed by atoms with E-state index >= 15 is 0 Å². The van der Waals surface area contributed by atoms with Gasteiger partial charge in [0.1, 0.15) is 16.4 Å². The van der Waals surface area contributed by atoms with E-state index in [1.807, 2.05) is 24.3 Å². The Balaban J connectivity index is 2.12. The lowest BCUT2D eigenvalue weighted by Crippen LogP contribution is -2.11. The maximum Gasteiger partial charge on any atom is 0.237 e. The van der Waals surface area contributed by atoms with Gasteiger partial charge in [0.2, 0.25) is 5.88 Å². The largest absolute Gasteiger partial charge is 0.437 e. The molecule has 0 aliphatic rings. The summed E-state index contributed by atoms with van der Waals surface area (Å²) in [6.45, 7) is 0.531. The first kappa shape index (κ1) is 13.4. The lowest BCUT2D eigenvalue weighted by atomic mass is 10.2. The molecular weight excluding hydrogens is 262 g/mol. The van der Waals surface area contributed by atoms with Crippen LogP contribution >= 0.6 is 12.2 Å². The number of thiocarbonyl (C=S) groups is 1. The van der Waals surface area contributed by atoms with Gasteiger partial charge in [-0.15, -0.1) is 0 Å². The molecule has 0 unspecified atom stereocenters. The Hall–Kier alpha value is -2.05. The minimum absolute atomic E-state index is 0.209. The van der Waals surface area contributed by atoms with Crippen LogP contribution in [-0.2, 0) is 11.3 Å². The van der Waals surface area contributed by atoms with E-state index < -0.39 is 0 Å². The minimum atomic E-state index is 0.209. The summed E-state index contributed by atoms with van der Waals surface area (Å²) in [7, 11) is 1.65. The highest BCUT2D eigenvalue weighted by Gasteiger charge is 2.03. The molecule has 0 amide bonds. The lowest BCUT2D eigenvalue weighted by molar-refractivity contribution is 0.184. The van der Waals surface area contributed by atoms with Gasteiger partial charge in [-0.1, -0.05) is 24.4 Å². The second-order valence-electron chi connectivity index (χ2n) is 3.79. The van der Waals surface area contributed by atoms with Crippen molar-refractivity contribution in [2.75, 3.05) is 7.11 Å². The number of methoxy groups -OCH3 is 1. The van der Waals surface area contributed by atoms with Gasteiger partial charge in [0.05, 0.1) is 19.0 Å². The summed E-state index contributed by atoms with van der Waals surface area (Å²) in [4.78, 5) is 8.35. The molecule has 0 bridgehead atoms. The van der Waals surface area contributed by atoms with Crippen LogP contribution in [0.4, 0.5) is 0 Å². The van der Waals surface area contributed by atoms with Gasteiger partial charge < -0.3 is 15.2 Å². The molecule has 0 aliphatic carbocycles. The first-order valence-electron chi connectivity index (χ1n) is 5.56. The van der Waals surface area contributed by atoms with Gasteiger partial charge in [-0.25, -0.2) is 9.97 Å². The molecular formula is C13H13N3O2S. The molecule has 0 radical (unpaired) electrons. The molecule has 19 heavy (non-hydrogen) atoms. The van der Waals surface area contributed by atoms with Crippen LogP contribution < -0.4 is 10.5 Å². The third kappa shape index (κ3) is 3.70. The summed E-state index contributed by atoms with van der Waals surface area (Å²) in [6.07, 6.45) is 2.97. The van der Waals surface area contributed by atoms with Gasteiger partial charge in [0, 0.05) is 7.11 Å². The van der Waals surface area contributed by atoms with Gasteiger partial charge in [-0.2, -0.15) is 0 Å². The average molecular weight is 275 g/mol. The zero-order chi connectivity index (χ0) is 13.7. The zero-order valence-corrected chi connectivity index (χ0v) is 11.2. The molecule has 2 N–H and O–H groups in total. The molecule has 5 nitrogen and oxygen atoms in total. The number of aromatic nitrogens is 2. The predicted molar refractivity (Wildman–Crippen MR) is 75.1 cm³/mol. The van der Waals surface area contributed by atoms with Crippen molar-refractivity contribution in [1.29, 1.82) is 0 Å². The molecule has 1 aromatic heterocycles. The summed E-state index contributed by atoms with van der Waals surface area (Å²) in [6, 6.07) is 7.56. The fourth-order valence-electron chi connectivity index (χ4n) is 1.48. The number of hydrogen-bond acceptors (Lipinski definition) is 5. The summed E-state index contributed by atoms with van der Waals surface area (Å²) in [5.74, 6) is 1.06. The van der Waals surface area contributed by atoms with E-state index in [9.17, 15) is 0 Å². The number of nitrogens with two attached hydrogens (primary N) is 1. The quantitative estimate of drug-likeness (QED) is 0.842. The molecule has 0 atom stereocenters. The van der Waals surface area contributed by atoms with Crippen molar-refractivity contribution in [3.05, 3.63) is 47.9 Å². The second kappa shape index (κ2) is 6.21. The standard InChI is InChI=1S/C13H13N3O2S/c1-17-8-9-3-2-4-10(5-9)18-12-7-15-11(6-16-12)13(14)19/h2-7H,8H2,1H3,(H2,14,19). The average Bonchev–Trinajstić information content (AvgIpc) is 2.40. The Labute approximate surface area is 116 Å². The van der Waals surface area contributed by atoms with Crippen molar-refractivity contribution >= 4 is 17.2 Å². The summed E-state index contributed by atoms with van der Waals surface area (Å²) in [5, 5.41) is 0. The van der Waals surface area contributed by atoms with Crippen LogP contribution in [0.5, 0.6) is 11.6 Å². The van der Waals surface area contributed by atoms with Crippen LogP contribution in [0.15, 0.2) is 36.7 Å². The first-order valence-corrected chi connectivity index (χ1v) is 5.97. The van der Waals surface area contributed by atoms with E-state index in [1.165, 1.54) is 12.4 Å². The number of nitrogens with zero attached hydrogens (tertiary/aromatic N) is 2. The summed E-state index contributed by atoms with van der Waals surface area (Å²) >= 11 is 4.80. The van der Waals surface area contributed by atoms with E-state index in [2.05, 4.69) is 9.97 Å². The Kier molecular flexibility index (Phi) is 4.38. The maximum absolute atomic E-state index is 5.59. The number of benzene rings is 1. The molecule has 1 aromatic carbocycles. The van der Waals surface area contributed by atoms with E-state index in [0.717, 1.165) is 5.56 Å². The molecule has 0 saturated carbocycles. The van der Waals surface area contributed by atoms with E-state index in [1.54, 1.807) is 7.11 Å². The van der Waals surface area contributed by atoms with Crippen molar-refractivity contribution in [3.8, 4) is 11.6 Å². The first-order chi connectivity index (χ1) is 9.19. The third-order valence-corrected chi connectivity index (χ3v) is 2.52. The Bertz CT molecular complexity index is 572. The van der Waals surface area contributed by atoms with Crippen LogP contribution in [0.3, 0.4) is 0 Å². The van der Waals surface area contributed by atoms with Crippen LogP contribution in [0.25, 0.3) is 0 Å². The van der Waals surface area contributed by atoms with Crippen LogP contribution in [-0.4, -0.2) is 22.1 Å². The monoisotopic (exact) mass is 275 g/mol. The van der Waals surface area contributed by atoms with Crippen LogP contribution in [0, 0.1) is 0 Å². The van der Waals surface area contributed by atoms with Crippen molar-refractivity contribution in [3.63, 3.8) is 0 Å². The molecule has 6 heteroatoms. The van der Waals surface area contributed by atoms with E-state index in [-0.39, 0.29) is 4.99 Å². The highest BCUT2D eigenvalue weighted by molar-refractivity contribution is 7.80. The van der Waals surface area contributed by atoms with Gasteiger partial charge >= 0.3 is 0 Å². The Morgan fingerprint density at radius 3 is 2.79 bits per heavy atom. The topological polar surface area (TPSA) is 70.3 Å². The van der Waals surface area contributed by atoms with Crippen molar-refractivity contribution in [2.24, 2.45) is 5.73 Å². The summed E-state index contributed by atoms with van der Waals surface area (Å²) in [5.41, 5.74) is 6.93. The molecule has 2 aromatic rings. The highest BCUT2D eigenvalue weighted by atomic mass is 32.1. The highest BCUT2D eigenvalue weighted by Crippen LogP contribution is 2.20. The minimum Gasteiger partial charge on any atom is -0.437 e. The summed E-state index contributed by atoms with van der Waals surface area (Å²) < 4.78 is 10.7. The fraction of sp³-hybridized carbons (Fsp3) is 0.154. The van der Waals surface area contributed by atoms with Gasteiger partial charge in [0.15, 0.2) is 0 Å². The number of rotatable bonds is 5. The molecule has 0 fully saturated rings. The number of ether oxygens (including phenoxy) is 2. The van der Waals surface area contributed by atoms with Crippen molar-refractivity contribution in [1.82, 2.24) is 9.97 Å². The third-order valence-electron chi connectivity index (χ3n) is 2.31. The van der Waals surface area contributed by atoms with Crippen molar-refractivity contribution in [2.45, 2.75) is 6.61 Å².